The SMILES string of the molecule is COc1cc(O)c2c(=O)cc(-c3ccc(OC)c(-c4c(O[C@@]5(C(=O)O)C[C@H](O)[C@@H](O)[C@H]([C@H](O)[C@H](O)CO)O5)cc(O)c5c(=O)cc(-c6ccc(O)cc6)oc45)c3)oc2c1. The lowest BCUT2D eigenvalue weighted by molar-refractivity contribution is -0.303. The first-order valence-electron chi connectivity index (χ1n) is 17.7. The number of carboxylic acid groups (broad SMARTS) is 1. The summed E-state index contributed by atoms with van der Waals surface area (Å²) in [5.41, 5.74) is -1.73. The summed E-state index contributed by atoms with van der Waals surface area (Å²) >= 11 is 0. The highest BCUT2D eigenvalue weighted by Crippen LogP contribution is 2.48. The zero-order chi connectivity index (χ0) is 42.5. The number of phenolic OH excluding ortho intramolecular Hbond substituents is 3. The first-order chi connectivity index (χ1) is 28.1. The molecule has 308 valence electrons. The van der Waals surface area contributed by atoms with Crippen molar-refractivity contribution in [3.05, 3.63) is 93.2 Å². The highest BCUT2D eigenvalue weighted by molar-refractivity contribution is 6.02. The minimum Gasteiger partial charge on any atom is -0.508 e. The molecule has 6 aromatic rings. The summed E-state index contributed by atoms with van der Waals surface area (Å²) in [5.74, 6) is -6.74. The maximum atomic E-state index is 13.8. The molecule has 0 amide bonds. The van der Waals surface area contributed by atoms with E-state index in [9.17, 15) is 60.3 Å². The fourth-order valence-electron chi connectivity index (χ4n) is 6.93. The van der Waals surface area contributed by atoms with Gasteiger partial charge in [-0.05, 0) is 42.5 Å². The molecule has 3 heterocycles. The Labute approximate surface area is 331 Å². The molecular formula is C41H36O18. The van der Waals surface area contributed by atoms with E-state index in [2.05, 4.69) is 0 Å². The smallest absolute Gasteiger partial charge is 0.377 e. The molecule has 18 heteroatoms. The van der Waals surface area contributed by atoms with Crippen molar-refractivity contribution in [2.24, 2.45) is 0 Å². The van der Waals surface area contributed by atoms with E-state index in [4.69, 9.17) is 27.8 Å². The van der Waals surface area contributed by atoms with E-state index < -0.39 is 94.4 Å². The Kier molecular flexibility index (Phi) is 10.7. The van der Waals surface area contributed by atoms with Crippen LogP contribution in [0.2, 0.25) is 0 Å². The fourth-order valence-corrected chi connectivity index (χ4v) is 6.93. The van der Waals surface area contributed by atoms with E-state index >= 15 is 0 Å². The Morgan fingerprint density at radius 3 is 2.10 bits per heavy atom. The average molecular weight is 817 g/mol. The average Bonchev–Trinajstić information content (AvgIpc) is 3.20. The number of aliphatic hydroxyl groups is 5. The maximum Gasteiger partial charge on any atom is 0.377 e. The van der Waals surface area contributed by atoms with E-state index in [1.54, 1.807) is 0 Å². The lowest BCUT2D eigenvalue weighted by atomic mass is 9.90. The van der Waals surface area contributed by atoms with Gasteiger partial charge >= 0.3 is 11.8 Å². The zero-order valence-corrected chi connectivity index (χ0v) is 30.9. The van der Waals surface area contributed by atoms with Crippen LogP contribution in [-0.2, 0) is 9.53 Å². The van der Waals surface area contributed by atoms with Gasteiger partial charge in [-0.3, -0.25) is 9.59 Å². The van der Waals surface area contributed by atoms with Crippen LogP contribution in [0.15, 0.2) is 91.2 Å². The number of methoxy groups -OCH3 is 2. The second-order valence-electron chi connectivity index (χ2n) is 13.6. The number of rotatable bonds is 11. The molecule has 0 saturated carbocycles. The third-order valence-electron chi connectivity index (χ3n) is 9.92. The molecule has 59 heavy (non-hydrogen) atoms. The Morgan fingerprint density at radius 1 is 0.814 bits per heavy atom. The summed E-state index contributed by atoms with van der Waals surface area (Å²) in [7, 11) is 2.63. The van der Waals surface area contributed by atoms with Gasteiger partial charge in [0.1, 0.15) is 86.8 Å². The summed E-state index contributed by atoms with van der Waals surface area (Å²) in [6, 6.07) is 15.5. The van der Waals surface area contributed by atoms with Gasteiger partial charge in [-0.2, -0.15) is 0 Å². The Morgan fingerprint density at radius 2 is 1.46 bits per heavy atom. The molecule has 6 atom stereocenters. The Bertz CT molecular complexity index is 2700. The quantitative estimate of drug-likeness (QED) is 0.0907. The molecule has 1 aliphatic heterocycles. The summed E-state index contributed by atoms with van der Waals surface area (Å²) in [6.07, 6.45) is -11.2. The van der Waals surface area contributed by atoms with Crippen molar-refractivity contribution < 1.29 is 78.5 Å². The second kappa shape index (κ2) is 15.6. The number of carboxylic acids is 1. The van der Waals surface area contributed by atoms with Crippen LogP contribution in [-0.4, -0.2) is 109 Å². The van der Waals surface area contributed by atoms with Crippen LogP contribution in [0.5, 0.6) is 34.5 Å². The van der Waals surface area contributed by atoms with E-state index in [0.29, 0.717) is 0 Å². The normalized spacial score (nSPS) is 20.3. The van der Waals surface area contributed by atoms with Crippen molar-refractivity contribution in [1.82, 2.24) is 0 Å². The van der Waals surface area contributed by atoms with E-state index in [-0.39, 0.29) is 62.0 Å². The van der Waals surface area contributed by atoms with Crippen molar-refractivity contribution in [1.29, 1.82) is 0 Å². The molecule has 4 aromatic carbocycles. The number of ether oxygens (including phenoxy) is 4. The molecule has 1 fully saturated rings. The number of aliphatic carboxylic acids is 1. The van der Waals surface area contributed by atoms with Crippen LogP contribution in [0.1, 0.15) is 6.42 Å². The molecule has 0 radical (unpaired) electrons. The molecule has 1 saturated heterocycles. The van der Waals surface area contributed by atoms with E-state index in [1.807, 2.05) is 0 Å². The van der Waals surface area contributed by atoms with E-state index in [0.717, 1.165) is 18.2 Å². The second-order valence-corrected chi connectivity index (χ2v) is 13.6. The minimum absolute atomic E-state index is 0.0227. The van der Waals surface area contributed by atoms with Crippen LogP contribution in [0.4, 0.5) is 0 Å². The van der Waals surface area contributed by atoms with Gasteiger partial charge in [-0.15, -0.1) is 0 Å². The number of aliphatic hydroxyl groups excluding tert-OH is 5. The predicted octanol–water partition coefficient (Wildman–Crippen LogP) is 2.42. The minimum atomic E-state index is -3.01. The monoisotopic (exact) mass is 816 g/mol. The first kappa shape index (κ1) is 40.5. The topological polar surface area (TPSA) is 296 Å². The lowest BCUT2D eigenvalue weighted by Gasteiger charge is -2.44. The van der Waals surface area contributed by atoms with Gasteiger partial charge in [-0.1, -0.05) is 0 Å². The van der Waals surface area contributed by atoms with Crippen molar-refractivity contribution >= 4 is 27.9 Å². The van der Waals surface area contributed by atoms with Crippen molar-refractivity contribution in [3.8, 4) is 68.3 Å². The van der Waals surface area contributed by atoms with Crippen LogP contribution < -0.4 is 25.1 Å². The van der Waals surface area contributed by atoms with Crippen LogP contribution in [0, 0.1) is 0 Å². The molecule has 0 aliphatic carbocycles. The van der Waals surface area contributed by atoms with Gasteiger partial charge < -0.3 is 73.7 Å². The molecule has 7 rings (SSSR count). The number of benzene rings is 4. The summed E-state index contributed by atoms with van der Waals surface area (Å²) in [6.45, 7) is -1.04. The largest absolute Gasteiger partial charge is 0.508 e. The molecule has 0 spiro atoms. The van der Waals surface area contributed by atoms with E-state index in [1.165, 1.54) is 68.8 Å². The first-order valence-corrected chi connectivity index (χ1v) is 17.7. The summed E-state index contributed by atoms with van der Waals surface area (Å²) in [4.78, 5) is 40.3. The summed E-state index contributed by atoms with van der Waals surface area (Å²) in [5, 5.41) is 93.9. The Hall–Kier alpha value is -6.67. The van der Waals surface area contributed by atoms with Gasteiger partial charge in [0, 0.05) is 47.0 Å². The molecule has 0 bridgehead atoms. The molecule has 1 aliphatic rings. The van der Waals surface area contributed by atoms with Crippen LogP contribution in [0.25, 0.3) is 55.7 Å². The molecule has 2 aromatic heterocycles. The number of aromatic hydroxyl groups is 3. The van der Waals surface area contributed by atoms with Gasteiger partial charge in [0.2, 0.25) is 0 Å². The van der Waals surface area contributed by atoms with Crippen molar-refractivity contribution in [2.75, 3.05) is 20.8 Å². The number of carbonyl (C=O) groups is 1. The molecule has 0 unspecified atom stereocenters. The zero-order valence-electron chi connectivity index (χ0n) is 30.9. The number of hydrogen-bond acceptors (Lipinski definition) is 17. The fraction of sp³-hybridized carbons (Fsp3) is 0.244. The third kappa shape index (κ3) is 7.24. The van der Waals surface area contributed by atoms with Gasteiger partial charge in [-0.25, -0.2) is 4.79 Å². The van der Waals surface area contributed by atoms with Crippen LogP contribution in [0.3, 0.4) is 0 Å². The maximum absolute atomic E-state index is 13.8. The molecule has 9 N–H and O–H groups in total. The highest BCUT2D eigenvalue weighted by atomic mass is 16.7. The lowest BCUT2D eigenvalue weighted by Crippen LogP contribution is -2.65. The van der Waals surface area contributed by atoms with Gasteiger partial charge in [0.05, 0.1) is 38.9 Å². The third-order valence-corrected chi connectivity index (χ3v) is 9.92. The van der Waals surface area contributed by atoms with Gasteiger partial charge in [0.25, 0.3) is 0 Å². The van der Waals surface area contributed by atoms with Gasteiger partial charge in [0.15, 0.2) is 16.4 Å². The van der Waals surface area contributed by atoms with Crippen LogP contribution >= 0.6 is 0 Å². The standard InChI is InChI=1S/C41H36O18/c1-54-20-10-22(44)34-23(45)12-30(56-31(34)11-20)18-5-8-28(55-2)21(9-18)33-32(58-41(40(52)53)15-26(48)36(50)39(59-41)37(51)27(49)16-42)14-25(47)35-24(46)13-29(57-38(33)35)17-3-6-19(43)7-4-17/h3-14,26-27,36-37,39,42-44,47-51H,15-16H2,1-2H3,(H,52,53)/t26-,27+,36+,37+,39+,41-/m0/s1. The number of hydrogen-bond donors (Lipinski definition) is 9. The summed E-state index contributed by atoms with van der Waals surface area (Å²) < 4.78 is 35.0. The molecular weight excluding hydrogens is 780 g/mol. The van der Waals surface area contributed by atoms with Crippen molar-refractivity contribution in [3.63, 3.8) is 0 Å². The number of phenols is 3. The predicted molar refractivity (Wildman–Crippen MR) is 205 cm³/mol. The number of fused-ring (bicyclic) bond motifs is 2. The molecule has 18 nitrogen and oxygen atoms in total. The van der Waals surface area contributed by atoms with Crippen molar-refractivity contribution in [2.45, 2.75) is 42.7 Å². The Balaban J connectivity index is 1.52. The highest BCUT2D eigenvalue weighted by Gasteiger charge is 2.56.